The van der Waals surface area contributed by atoms with Crippen molar-refractivity contribution in [3.8, 4) is 10.4 Å². The number of thiophene rings is 2. The summed E-state index contributed by atoms with van der Waals surface area (Å²) in [4.78, 5) is 43.7. The number of ether oxygens (including phenoxy) is 1. The average Bonchev–Trinajstić information content (AvgIpc) is 3.34. The van der Waals surface area contributed by atoms with Crippen LogP contribution in [0.4, 0.5) is 0 Å². The van der Waals surface area contributed by atoms with Gasteiger partial charge in [-0.25, -0.2) is 4.98 Å². The van der Waals surface area contributed by atoms with Crippen molar-refractivity contribution in [1.82, 2.24) is 14.9 Å². The summed E-state index contributed by atoms with van der Waals surface area (Å²) in [6.45, 7) is -0.697. The van der Waals surface area contributed by atoms with Gasteiger partial charge in [-0.1, -0.05) is 36.4 Å². The standard InChI is InChI=1S/C24H21N3O4S2/c28-19(26-22(16-8-9-16)15-5-2-1-3-6-15)12-31-20(29)11-27-14-25-23-21(24(27)30)17(13-33-23)18-7-4-10-32-18/h1-7,10,13-14,16,22H,8-9,11-12H2,(H,26,28). The minimum absolute atomic E-state index is 0.0825. The molecular formula is C24H21N3O4S2. The Morgan fingerprint density at radius 1 is 1.15 bits per heavy atom. The molecule has 3 aromatic heterocycles. The van der Waals surface area contributed by atoms with E-state index < -0.39 is 12.6 Å². The molecule has 3 heterocycles. The molecule has 1 amide bonds. The largest absolute Gasteiger partial charge is 0.454 e. The molecule has 0 saturated heterocycles. The summed E-state index contributed by atoms with van der Waals surface area (Å²) in [6, 6.07) is 13.6. The number of benzene rings is 1. The fourth-order valence-electron chi connectivity index (χ4n) is 3.80. The van der Waals surface area contributed by atoms with E-state index in [9.17, 15) is 14.4 Å². The summed E-state index contributed by atoms with van der Waals surface area (Å²) in [7, 11) is 0. The van der Waals surface area contributed by atoms with Gasteiger partial charge in [0, 0.05) is 15.8 Å². The molecule has 1 fully saturated rings. The number of esters is 1. The van der Waals surface area contributed by atoms with E-state index in [2.05, 4.69) is 10.3 Å². The summed E-state index contributed by atoms with van der Waals surface area (Å²) < 4.78 is 6.39. The van der Waals surface area contributed by atoms with Crippen LogP contribution in [0.1, 0.15) is 24.4 Å². The molecule has 1 aliphatic rings. The van der Waals surface area contributed by atoms with Crippen molar-refractivity contribution >= 4 is 44.8 Å². The second-order valence-corrected chi connectivity index (χ2v) is 9.74. The van der Waals surface area contributed by atoms with Crippen LogP contribution in [0.3, 0.4) is 0 Å². The van der Waals surface area contributed by atoms with E-state index in [4.69, 9.17) is 4.74 Å². The van der Waals surface area contributed by atoms with Crippen molar-refractivity contribution in [2.24, 2.45) is 5.92 Å². The van der Waals surface area contributed by atoms with Crippen LogP contribution in [0.5, 0.6) is 0 Å². The molecule has 1 unspecified atom stereocenters. The average molecular weight is 480 g/mol. The molecule has 1 saturated carbocycles. The highest BCUT2D eigenvalue weighted by Crippen LogP contribution is 2.40. The Kier molecular flexibility index (Phi) is 6.06. The number of carbonyl (C=O) groups excluding carboxylic acids is 2. The first-order valence-corrected chi connectivity index (χ1v) is 12.4. The summed E-state index contributed by atoms with van der Waals surface area (Å²) >= 11 is 2.93. The first-order chi connectivity index (χ1) is 16.1. The van der Waals surface area contributed by atoms with Crippen LogP contribution in [0.2, 0.25) is 0 Å². The Morgan fingerprint density at radius 2 is 1.97 bits per heavy atom. The second-order valence-electron chi connectivity index (χ2n) is 7.94. The number of rotatable bonds is 8. The van der Waals surface area contributed by atoms with Gasteiger partial charge in [0.05, 0.1) is 17.8 Å². The van der Waals surface area contributed by atoms with Crippen molar-refractivity contribution < 1.29 is 14.3 Å². The molecule has 7 nitrogen and oxygen atoms in total. The molecule has 0 bridgehead atoms. The van der Waals surface area contributed by atoms with Gasteiger partial charge in [-0.15, -0.1) is 22.7 Å². The predicted molar refractivity (Wildman–Crippen MR) is 128 cm³/mol. The zero-order valence-electron chi connectivity index (χ0n) is 17.6. The lowest BCUT2D eigenvalue weighted by Crippen LogP contribution is -2.34. The van der Waals surface area contributed by atoms with Gasteiger partial charge in [0.15, 0.2) is 6.61 Å². The van der Waals surface area contributed by atoms with E-state index in [0.717, 1.165) is 28.8 Å². The Labute approximate surface area is 197 Å². The van der Waals surface area contributed by atoms with Gasteiger partial charge < -0.3 is 10.1 Å². The molecule has 4 aromatic rings. The summed E-state index contributed by atoms with van der Waals surface area (Å²) in [5.74, 6) is -0.613. The highest BCUT2D eigenvalue weighted by atomic mass is 32.1. The first kappa shape index (κ1) is 21.5. The number of nitrogens with zero attached hydrogens (tertiary/aromatic N) is 2. The van der Waals surface area contributed by atoms with Crippen molar-refractivity contribution in [3.05, 3.63) is 75.5 Å². The van der Waals surface area contributed by atoms with Crippen LogP contribution in [0, 0.1) is 5.92 Å². The molecule has 1 atom stereocenters. The van der Waals surface area contributed by atoms with Crippen LogP contribution in [-0.2, 0) is 20.9 Å². The molecule has 1 aliphatic carbocycles. The molecule has 0 aliphatic heterocycles. The lowest BCUT2D eigenvalue weighted by molar-refractivity contribution is -0.149. The quantitative estimate of drug-likeness (QED) is 0.386. The van der Waals surface area contributed by atoms with Crippen LogP contribution in [0.15, 0.2) is 64.3 Å². The number of carbonyl (C=O) groups is 2. The predicted octanol–water partition coefficient (Wildman–Crippen LogP) is 4.00. The van der Waals surface area contributed by atoms with Crippen LogP contribution in [0.25, 0.3) is 20.7 Å². The topological polar surface area (TPSA) is 90.3 Å². The summed E-state index contributed by atoms with van der Waals surface area (Å²) in [5.41, 5.74) is 1.56. The van der Waals surface area contributed by atoms with Crippen molar-refractivity contribution in [3.63, 3.8) is 0 Å². The summed E-state index contributed by atoms with van der Waals surface area (Å²) in [5, 5.41) is 7.32. The molecular weight excluding hydrogens is 458 g/mol. The molecule has 0 spiro atoms. The van der Waals surface area contributed by atoms with E-state index in [1.807, 2.05) is 53.2 Å². The van der Waals surface area contributed by atoms with Gasteiger partial charge in [-0.05, 0) is 35.8 Å². The van der Waals surface area contributed by atoms with E-state index in [1.165, 1.54) is 33.6 Å². The first-order valence-electron chi connectivity index (χ1n) is 10.6. The zero-order valence-corrected chi connectivity index (χ0v) is 19.2. The summed E-state index contributed by atoms with van der Waals surface area (Å²) in [6.07, 6.45) is 3.47. The van der Waals surface area contributed by atoms with E-state index >= 15 is 0 Å². The van der Waals surface area contributed by atoms with Gasteiger partial charge in [-0.3, -0.25) is 19.0 Å². The Balaban J connectivity index is 1.23. The normalized spacial score (nSPS) is 14.2. The molecule has 9 heteroatoms. The fourth-order valence-corrected chi connectivity index (χ4v) is 5.52. The molecule has 5 rings (SSSR count). The number of hydrogen-bond donors (Lipinski definition) is 1. The third-order valence-electron chi connectivity index (χ3n) is 5.58. The highest BCUT2D eigenvalue weighted by molar-refractivity contribution is 7.18. The maximum Gasteiger partial charge on any atom is 0.326 e. The molecule has 1 aromatic carbocycles. The fraction of sp³-hybridized carbons (Fsp3) is 0.250. The molecule has 168 valence electrons. The third-order valence-corrected chi connectivity index (χ3v) is 7.37. The Hall–Kier alpha value is -3.30. The van der Waals surface area contributed by atoms with Crippen molar-refractivity contribution in [1.29, 1.82) is 0 Å². The molecule has 1 N–H and O–H groups in total. The van der Waals surface area contributed by atoms with E-state index in [0.29, 0.717) is 16.1 Å². The minimum Gasteiger partial charge on any atom is -0.454 e. The minimum atomic E-state index is -0.663. The Bertz CT molecular complexity index is 1340. The van der Waals surface area contributed by atoms with E-state index in [1.54, 1.807) is 0 Å². The SMILES string of the molecule is O=C(COC(=O)Cn1cnc2scc(-c3cccs3)c2c1=O)NC(c1ccccc1)C1CC1. The lowest BCUT2D eigenvalue weighted by atomic mass is 10.0. The smallest absolute Gasteiger partial charge is 0.326 e. The zero-order chi connectivity index (χ0) is 22.8. The third kappa shape index (κ3) is 4.74. The van der Waals surface area contributed by atoms with E-state index in [-0.39, 0.29) is 24.1 Å². The Morgan fingerprint density at radius 3 is 2.70 bits per heavy atom. The van der Waals surface area contributed by atoms with Crippen LogP contribution in [-0.4, -0.2) is 28.0 Å². The van der Waals surface area contributed by atoms with Gasteiger partial charge in [0.2, 0.25) is 0 Å². The maximum absolute atomic E-state index is 13.0. The van der Waals surface area contributed by atoms with Crippen LogP contribution < -0.4 is 10.9 Å². The van der Waals surface area contributed by atoms with Crippen LogP contribution >= 0.6 is 22.7 Å². The number of nitrogens with one attached hydrogen (secondary N) is 1. The van der Waals surface area contributed by atoms with Gasteiger partial charge >= 0.3 is 5.97 Å². The van der Waals surface area contributed by atoms with Crippen molar-refractivity contribution in [2.75, 3.05) is 6.61 Å². The van der Waals surface area contributed by atoms with Gasteiger partial charge in [0.1, 0.15) is 11.4 Å². The number of aromatic nitrogens is 2. The highest BCUT2D eigenvalue weighted by Gasteiger charge is 2.33. The monoisotopic (exact) mass is 479 g/mol. The molecule has 33 heavy (non-hydrogen) atoms. The lowest BCUT2D eigenvalue weighted by Gasteiger charge is -2.18. The second kappa shape index (κ2) is 9.29. The molecule has 0 radical (unpaired) electrons. The number of fused-ring (bicyclic) bond motifs is 1. The number of hydrogen-bond acceptors (Lipinski definition) is 7. The number of amides is 1. The van der Waals surface area contributed by atoms with Gasteiger partial charge in [-0.2, -0.15) is 0 Å². The maximum atomic E-state index is 13.0. The van der Waals surface area contributed by atoms with Gasteiger partial charge in [0.25, 0.3) is 11.5 Å². The van der Waals surface area contributed by atoms with Crippen molar-refractivity contribution in [2.45, 2.75) is 25.4 Å².